The average molecular weight is 276 g/mol. The van der Waals surface area contributed by atoms with Gasteiger partial charge < -0.3 is 8.01 Å². The summed E-state index contributed by atoms with van der Waals surface area (Å²) in [5.74, 6) is 0. The number of hydrogen-bond donors (Lipinski definition) is 0. The van der Waals surface area contributed by atoms with Gasteiger partial charge in [-0.25, -0.2) is 0 Å². The van der Waals surface area contributed by atoms with Crippen LogP contribution in [0.2, 0.25) is 0 Å². The van der Waals surface area contributed by atoms with Crippen LogP contribution in [-0.4, -0.2) is 21.1 Å². The Hall–Kier alpha value is -0.450. The largest absolute Gasteiger partial charge is 0.378 e. The van der Waals surface area contributed by atoms with Crippen molar-refractivity contribution in [3.63, 3.8) is 0 Å². The zero-order valence-electron chi connectivity index (χ0n) is 7.58. The Morgan fingerprint density at radius 1 is 1.08 bits per heavy atom. The summed E-state index contributed by atoms with van der Waals surface area (Å²) in [7, 11) is 6.13. The molecule has 0 N–H and O–H groups in total. The molecule has 0 amide bonds. The van der Waals surface area contributed by atoms with Crippen LogP contribution in [0.25, 0.3) is 0 Å². The molecule has 0 aliphatic carbocycles. The quantitative estimate of drug-likeness (QED) is 0.605. The van der Waals surface area contributed by atoms with E-state index in [-0.39, 0.29) is 0 Å². The van der Waals surface area contributed by atoms with E-state index >= 15 is 0 Å². The van der Waals surface area contributed by atoms with Gasteiger partial charge in [-0.3, -0.25) is 0 Å². The number of nitrogens with zero attached hydrogens (tertiary/aromatic N) is 2. The molecule has 0 spiro atoms. The summed E-state index contributed by atoms with van der Waals surface area (Å²) in [6.45, 7) is 0. The zero-order valence-corrected chi connectivity index (χ0v) is 9.74. The molecule has 1 aromatic rings. The maximum Gasteiger partial charge on any atom is 0.0588 e. The lowest BCUT2D eigenvalue weighted by atomic mass is 10.2. The lowest BCUT2D eigenvalue weighted by Crippen LogP contribution is -2.09. The molecule has 0 heterocycles. The highest BCUT2D eigenvalue weighted by atomic mass is 127. The van der Waals surface area contributed by atoms with Crippen molar-refractivity contribution in [1.29, 1.82) is 0 Å². The summed E-state index contributed by atoms with van der Waals surface area (Å²) in [4.78, 5) is 2.10. The topological polar surface area (TPSA) is 6.48 Å². The Bertz CT molecular complexity index is 235. The number of anilines is 2. The molecule has 0 bridgehead atoms. The van der Waals surface area contributed by atoms with Gasteiger partial charge in [0.25, 0.3) is 0 Å². The van der Waals surface area contributed by atoms with Crippen molar-refractivity contribution >= 4 is 34.2 Å². The van der Waals surface area contributed by atoms with E-state index in [1.54, 1.807) is 0 Å². The standard InChI is InChI=1S/C9H13IN2/c1-11(2)8-5-4-6-9(7-8)12(3)10/h4-7H,1-3H3. The fraction of sp³-hybridized carbons (Fsp3) is 0.333. The Morgan fingerprint density at radius 3 is 2.17 bits per heavy atom. The van der Waals surface area contributed by atoms with Crippen LogP contribution in [0.4, 0.5) is 11.4 Å². The predicted octanol–water partition coefficient (Wildman–Crippen LogP) is 2.54. The fourth-order valence-electron chi connectivity index (χ4n) is 0.963. The van der Waals surface area contributed by atoms with Crippen molar-refractivity contribution in [2.24, 2.45) is 0 Å². The predicted molar refractivity (Wildman–Crippen MR) is 63.2 cm³/mol. The van der Waals surface area contributed by atoms with Crippen molar-refractivity contribution in [3.05, 3.63) is 24.3 Å². The van der Waals surface area contributed by atoms with Crippen LogP contribution in [-0.2, 0) is 0 Å². The zero-order chi connectivity index (χ0) is 9.14. The molecular formula is C9H13IN2. The van der Waals surface area contributed by atoms with Gasteiger partial charge in [-0.15, -0.1) is 0 Å². The number of hydrogen-bond acceptors (Lipinski definition) is 2. The molecule has 0 unspecified atom stereocenters. The average Bonchev–Trinajstić information content (AvgIpc) is 2.04. The highest BCUT2D eigenvalue weighted by molar-refractivity contribution is 14.1. The fourth-order valence-corrected chi connectivity index (χ4v) is 1.26. The molecule has 12 heavy (non-hydrogen) atoms. The van der Waals surface area contributed by atoms with Crippen molar-refractivity contribution in [3.8, 4) is 0 Å². The number of halogens is 1. The second-order valence-corrected chi connectivity index (χ2v) is 4.34. The van der Waals surface area contributed by atoms with Crippen LogP contribution >= 0.6 is 22.9 Å². The van der Waals surface area contributed by atoms with E-state index in [0.717, 1.165) is 0 Å². The van der Waals surface area contributed by atoms with Crippen molar-refractivity contribution in [2.75, 3.05) is 29.2 Å². The molecule has 2 nitrogen and oxygen atoms in total. The van der Waals surface area contributed by atoms with Gasteiger partial charge >= 0.3 is 0 Å². The first kappa shape index (κ1) is 9.64. The van der Waals surface area contributed by atoms with Gasteiger partial charge in [0.2, 0.25) is 0 Å². The van der Waals surface area contributed by atoms with Crippen LogP contribution in [0.1, 0.15) is 0 Å². The van der Waals surface area contributed by atoms with Gasteiger partial charge in [0.05, 0.1) is 22.9 Å². The Kier molecular flexibility index (Phi) is 3.20. The maximum atomic E-state index is 2.26. The monoisotopic (exact) mass is 276 g/mol. The molecule has 0 atom stereocenters. The van der Waals surface area contributed by atoms with E-state index in [9.17, 15) is 0 Å². The second-order valence-electron chi connectivity index (χ2n) is 2.89. The van der Waals surface area contributed by atoms with Crippen LogP contribution in [0, 0.1) is 0 Å². The molecule has 1 rings (SSSR count). The third-order valence-electron chi connectivity index (χ3n) is 1.70. The number of rotatable bonds is 2. The van der Waals surface area contributed by atoms with E-state index in [4.69, 9.17) is 0 Å². The molecule has 3 heteroatoms. The van der Waals surface area contributed by atoms with Crippen molar-refractivity contribution < 1.29 is 0 Å². The molecule has 0 saturated heterocycles. The summed E-state index contributed by atoms with van der Waals surface area (Å²) in [5.41, 5.74) is 2.46. The van der Waals surface area contributed by atoms with Gasteiger partial charge in [0.1, 0.15) is 0 Å². The second kappa shape index (κ2) is 3.98. The molecule has 1 aromatic carbocycles. The highest BCUT2D eigenvalue weighted by Gasteiger charge is 1.98. The Morgan fingerprint density at radius 2 is 1.67 bits per heavy atom. The molecule has 0 aliphatic rings. The summed E-state index contributed by atoms with van der Waals surface area (Å²) in [6.07, 6.45) is 0. The minimum absolute atomic E-state index is 1.22. The third-order valence-corrected chi connectivity index (χ3v) is 2.26. The van der Waals surface area contributed by atoms with Crippen molar-refractivity contribution in [1.82, 2.24) is 0 Å². The maximum absolute atomic E-state index is 2.26. The summed E-state index contributed by atoms with van der Waals surface area (Å²) >= 11 is 2.26. The van der Waals surface area contributed by atoms with Crippen LogP contribution in [0.5, 0.6) is 0 Å². The third kappa shape index (κ3) is 2.27. The first-order valence-electron chi connectivity index (χ1n) is 3.78. The van der Waals surface area contributed by atoms with E-state index in [2.05, 4.69) is 55.1 Å². The molecule has 0 aromatic heterocycles. The van der Waals surface area contributed by atoms with Crippen LogP contribution < -0.4 is 8.01 Å². The molecule has 0 radical (unpaired) electrons. The minimum atomic E-state index is 1.22. The lowest BCUT2D eigenvalue weighted by molar-refractivity contribution is 1.13. The van der Waals surface area contributed by atoms with Gasteiger partial charge in [0, 0.05) is 32.5 Å². The van der Waals surface area contributed by atoms with E-state index in [0.29, 0.717) is 0 Å². The normalized spacial score (nSPS) is 9.67. The van der Waals surface area contributed by atoms with Gasteiger partial charge in [-0.1, -0.05) is 6.07 Å². The smallest absolute Gasteiger partial charge is 0.0588 e. The van der Waals surface area contributed by atoms with Crippen LogP contribution in [0.3, 0.4) is 0 Å². The molecule has 0 saturated carbocycles. The summed E-state index contributed by atoms with van der Waals surface area (Å²) in [5, 5.41) is 0. The minimum Gasteiger partial charge on any atom is -0.378 e. The van der Waals surface area contributed by atoms with Gasteiger partial charge in [-0.05, 0) is 18.2 Å². The van der Waals surface area contributed by atoms with E-state index in [1.165, 1.54) is 11.4 Å². The summed E-state index contributed by atoms with van der Waals surface area (Å²) in [6, 6.07) is 8.43. The molecule has 66 valence electrons. The molecular weight excluding hydrogens is 263 g/mol. The summed E-state index contributed by atoms with van der Waals surface area (Å²) < 4.78 is 2.07. The lowest BCUT2D eigenvalue weighted by Gasteiger charge is -2.16. The number of benzene rings is 1. The first-order valence-corrected chi connectivity index (χ1v) is 4.74. The van der Waals surface area contributed by atoms with Crippen molar-refractivity contribution in [2.45, 2.75) is 0 Å². The molecule has 0 fully saturated rings. The Labute approximate surface area is 87.7 Å². The van der Waals surface area contributed by atoms with E-state index < -0.39 is 0 Å². The first-order chi connectivity index (χ1) is 5.61. The van der Waals surface area contributed by atoms with Gasteiger partial charge in [-0.2, -0.15) is 0 Å². The molecule has 0 aliphatic heterocycles. The Balaban J connectivity index is 2.96. The highest BCUT2D eigenvalue weighted by Crippen LogP contribution is 2.21. The SMILES string of the molecule is CN(C)c1cccc(N(C)I)c1. The van der Waals surface area contributed by atoms with Crippen LogP contribution in [0.15, 0.2) is 24.3 Å². The van der Waals surface area contributed by atoms with Gasteiger partial charge in [0.15, 0.2) is 0 Å². The van der Waals surface area contributed by atoms with E-state index in [1.807, 2.05) is 21.1 Å².